The van der Waals surface area contributed by atoms with Gasteiger partial charge in [-0.25, -0.2) is 9.69 Å². The van der Waals surface area contributed by atoms with Crippen molar-refractivity contribution in [3.05, 3.63) is 85.8 Å². The maximum Gasteiger partial charge on any atom is 0.335 e. The average Bonchev–Trinajstić information content (AvgIpc) is 2.89. The first-order valence-electron chi connectivity index (χ1n) is 11.9. The predicted molar refractivity (Wildman–Crippen MR) is 156 cm³/mol. The van der Waals surface area contributed by atoms with Gasteiger partial charge in [-0.2, -0.15) is 0 Å². The molecule has 4 rings (SSSR count). The molecule has 1 fully saturated rings. The van der Waals surface area contributed by atoms with Crippen LogP contribution in [0.3, 0.4) is 0 Å². The van der Waals surface area contributed by atoms with Crippen LogP contribution in [-0.2, 0) is 14.4 Å². The molecule has 0 aromatic heterocycles. The topological polar surface area (TPSA) is 114 Å². The number of anilines is 2. The number of barbiturate groups is 1. The molecule has 2 N–H and O–H groups in total. The smallest absolute Gasteiger partial charge is 0.335 e. The summed E-state index contributed by atoms with van der Waals surface area (Å²) in [4.78, 5) is 51.9. The van der Waals surface area contributed by atoms with E-state index in [0.717, 1.165) is 4.90 Å². The summed E-state index contributed by atoms with van der Waals surface area (Å²) in [7, 11) is 0. The average molecular weight is 647 g/mol. The van der Waals surface area contributed by atoms with Gasteiger partial charge < -0.3 is 14.8 Å². The number of imide groups is 2. The molecule has 0 atom stereocenters. The Morgan fingerprint density at radius 2 is 1.73 bits per heavy atom. The van der Waals surface area contributed by atoms with Gasteiger partial charge in [-0.1, -0.05) is 29.3 Å². The van der Waals surface area contributed by atoms with Crippen molar-refractivity contribution in [2.45, 2.75) is 13.8 Å². The van der Waals surface area contributed by atoms with E-state index in [1.807, 2.05) is 0 Å². The second kappa shape index (κ2) is 12.5. The van der Waals surface area contributed by atoms with Crippen LogP contribution in [0.25, 0.3) is 6.08 Å². The van der Waals surface area contributed by atoms with Crippen LogP contribution in [0.2, 0.25) is 10.0 Å². The lowest BCUT2D eigenvalue weighted by molar-refractivity contribution is -0.122. The minimum atomic E-state index is -0.880. The zero-order chi connectivity index (χ0) is 29.0. The van der Waals surface area contributed by atoms with Crippen LogP contribution in [0.4, 0.5) is 16.2 Å². The summed E-state index contributed by atoms with van der Waals surface area (Å²) in [6.07, 6.45) is 1.33. The molecule has 12 heteroatoms. The van der Waals surface area contributed by atoms with Gasteiger partial charge in [0.15, 0.2) is 18.1 Å². The van der Waals surface area contributed by atoms with Gasteiger partial charge in [0.1, 0.15) is 5.57 Å². The summed E-state index contributed by atoms with van der Waals surface area (Å²) in [6, 6.07) is 13.7. The zero-order valence-corrected chi connectivity index (χ0v) is 24.3. The number of urea groups is 1. The van der Waals surface area contributed by atoms with Gasteiger partial charge in [-0.05, 0) is 95.5 Å². The Kier molecular flexibility index (Phi) is 9.14. The number of hydrogen-bond acceptors (Lipinski definition) is 6. The van der Waals surface area contributed by atoms with Crippen molar-refractivity contribution in [3.63, 3.8) is 0 Å². The number of carbonyl (C=O) groups is 4. The van der Waals surface area contributed by atoms with E-state index in [0.29, 0.717) is 31.3 Å². The van der Waals surface area contributed by atoms with Crippen molar-refractivity contribution in [2.75, 3.05) is 23.4 Å². The Morgan fingerprint density at radius 1 is 1.02 bits per heavy atom. The molecule has 0 aliphatic carbocycles. The summed E-state index contributed by atoms with van der Waals surface area (Å²) in [5.41, 5.74) is 1.56. The highest BCUT2D eigenvalue weighted by atomic mass is 79.9. The molecule has 0 saturated carbocycles. The van der Waals surface area contributed by atoms with Crippen LogP contribution >= 0.6 is 39.1 Å². The summed E-state index contributed by atoms with van der Waals surface area (Å²) in [5, 5.41) is 5.76. The van der Waals surface area contributed by atoms with Crippen molar-refractivity contribution in [1.29, 1.82) is 0 Å². The Morgan fingerprint density at radius 3 is 2.42 bits per heavy atom. The monoisotopic (exact) mass is 645 g/mol. The SMILES string of the molecule is CCOc1cc(/C=C2\C(=O)NC(=O)N(c3cc(Cl)ccc3C)C2=O)cc(Br)c1OCC(=O)Nc1ccc(Cl)cc1. The molecule has 0 bridgehead atoms. The first-order chi connectivity index (χ1) is 19.1. The molecule has 0 unspecified atom stereocenters. The highest BCUT2D eigenvalue weighted by Crippen LogP contribution is 2.38. The number of rotatable bonds is 8. The minimum absolute atomic E-state index is 0.251. The molecule has 1 saturated heterocycles. The lowest BCUT2D eigenvalue weighted by Gasteiger charge is -2.27. The number of benzene rings is 3. The fraction of sp³-hybridized carbons (Fsp3) is 0.143. The molecule has 3 aromatic rings. The highest BCUT2D eigenvalue weighted by Gasteiger charge is 2.37. The van der Waals surface area contributed by atoms with E-state index >= 15 is 0 Å². The lowest BCUT2D eigenvalue weighted by atomic mass is 10.1. The molecule has 0 spiro atoms. The third-order valence-electron chi connectivity index (χ3n) is 5.63. The van der Waals surface area contributed by atoms with Crippen LogP contribution in [0.15, 0.2) is 64.6 Å². The number of aryl methyl sites for hydroxylation is 1. The maximum absolute atomic E-state index is 13.3. The molecule has 206 valence electrons. The van der Waals surface area contributed by atoms with Gasteiger partial charge in [0, 0.05) is 15.7 Å². The fourth-order valence-electron chi connectivity index (χ4n) is 3.81. The number of nitrogens with one attached hydrogen (secondary N) is 2. The van der Waals surface area contributed by atoms with Crippen molar-refractivity contribution in [3.8, 4) is 11.5 Å². The maximum atomic E-state index is 13.3. The largest absolute Gasteiger partial charge is 0.490 e. The van der Waals surface area contributed by atoms with E-state index in [9.17, 15) is 19.2 Å². The van der Waals surface area contributed by atoms with Gasteiger partial charge >= 0.3 is 6.03 Å². The molecular weight excluding hydrogens is 625 g/mol. The fourth-order valence-corrected chi connectivity index (χ4v) is 4.68. The third-order valence-corrected chi connectivity index (χ3v) is 6.71. The van der Waals surface area contributed by atoms with E-state index in [4.69, 9.17) is 32.7 Å². The molecule has 1 aliphatic rings. The van der Waals surface area contributed by atoms with E-state index in [-0.39, 0.29) is 36.0 Å². The van der Waals surface area contributed by atoms with Crippen LogP contribution in [0, 0.1) is 6.92 Å². The minimum Gasteiger partial charge on any atom is -0.490 e. The first-order valence-corrected chi connectivity index (χ1v) is 13.4. The summed E-state index contributed by atoms with van der Waals surface area (Å²) in [6.45, 7) is 3.44. The Hall–Kier alpha value is -3.86. The number of ether oxygens (including phenoxy) is 2. The van der Waals surface area contributed by atoms with Crippen molar-refractivity contribution in [2.24, 2.45) is 0 Å². The first kappa shape index (κ1) is 29.1. The second-order valence-electron chi connectivity index (χ2n) is 8.50. The van der Waals surface area contributed by atoms with Gasteiger partial charge in [-0.15, -0.1) is 0 Å². The highest BCUT2D eigenvalue weighted by molar-refractivity contribution is 9.10. The van der Waals surface area contributed by atoms with Gasteiger partial charge in [-0.3, -0.25) is 19.7 Å². The van der Waals surface area contributed by atoms with Crippen molar-refractivity contribution in [1.82, 2.24) is 5.32 Å². The van der Waals surface area contributed by atoms with Gasteiger partial charge in [0.05, 0.1) is 16.8 Å². The summed E-state index contributed by atoms with van der Waals surface area (Å²) in [5.74, 6) is -1.55. The number of halogens is 3. The van der Waals surface area contributed by atoms with Crippen LogP contribution in [0.5, 0.6) is 11.5 Å². The Labute approximate surface area is 248 Å². The molecule has 1 aliphatic heterocycles. The van der Waals surface area contributed by atoms with E-state index in [1.165, 1.54) is 12.1 Å². The summed E-state index contributed by atoms with van der Waals surface area (Å²) < 4.78 is 11.9. The van der Waals surface area contributed by atoms with E-state index in [1.54, 1.807) is 62.4 Å². The molecule has 3 aromatic carbocycles. The summed E-state index contributed by atoms with van der Waals surface area (Å²) >= 11 is 15.4. The molecule has 9 nitrogen and oxygen atoms in total. The second-order valence-corrected chi connectivity index (χ2v) is 10.2. The van der Waals surface area contributed by atoms with E-state index in [2.05, 4.69) is 26.6 Å². The molecule has 1 heterocycles. The zero-order valence-electron chi connectivity index (χ0n) is 21.2. The Balaban J connectivity index is 1.60. The molecule has 40 heavy (non-hydrogen) atoms. The Bertz CT molecular complexity index is 1540. The lowest BCUT2D eigenvalue weighted by Crippen LogP contribution is -2.54. The molecule has 0 radical (unpaired) electrons. The number of hydrogen-bond donors (Lipinski definition) is 2. The van der Waals surface area contributed by atoms with E-state index < -0.39 is 23.8 Å². The molecule has 5 amide bonds. The predicted octanol–water partition coefficient (Wildman–Crippen LogP) is 6.15. The van der Waals surface area contributed by atoms with Crippen molar-refractivity contribution >= 4 is 80.3 Å². The number of amides is 5. The standard InChI is InChI=1S/C28H22BrCl2N3O6/c1-3-39-23-12-16(11-21(29)25(23)40-14-24(35)32-19-8-6-17(30)7-9-19)10-20-26(36)33-28(38)34(27(20)37)22-13-18(31)5-4-15(22)2/h4-13H,3,14H2,1-2H3,(H,32,35)(H,33,36,38)/b20-10+. The number of nitrogens with zero attached hydrogens (tertiary/aromatic N) is 1. The quantitative estimate of drug-likeness (QED) is 0.224. The van der Waals surface area contributed by atoms with Gasteiger partial charge in [0.2, 0.25) is 0 Å². The molecular formula is C28H22BrCl2N3O6. The number of carbonyl (C=O) groups excluding carboxylic acids is 4. The van der Waals surface area contributed by atoms with Gasteiger partial charge in [0.25, 0.3) is 17.7 Å². The normalized spacial score (nSPS) is 14.3. The van der Waals surface area contributed by atoms with Crippen molar-refractivity contribution < 1.29 is 28.7 Å². The van der Waals surface area contributed by atoms with Crippen LogP contribution in [-0.4, -0.2) is 37.0 Å². The van der Waals surface area contributed by atoms with Crippen LogP contribution < -0.4 is 25.0 Å². The third kappa shape index (κ3) is 6.64. The van der Waals surface area contributed by atoms with Crippen LogP contribution in [0.1, 0.15) is 18.1 Å².